The number of hydrogen-bond acceptors (Lipinski definition) is 7. The topological polar surface area (TPSA) is 75.9 Å². The third-order valence-corrected chi connectivity index (χ3v) is 9.36. The van der Waals surface area contributed by atoms with Crippen LogP contribution in [0.3, 0.4) is 0 Å². The number of fused-ring (bicyclic) bond motifs is 2. The number of nitrogens with zero attached hydrogens (tertiary/aromatic N) is 6. The second kappa shape index (κ2) is 11.8. The van der Waals surface area contributed by atoms with Gasteiger partial charge in [0, 0.05) is 54.9 Å². The van der Waals surface area contributed by atoms with Crippen molar-refractivity contribution in [2.45, 2.75) is 51.7 Å². The molecule has 3 aliphatic rings. The number of aryl methyl sites for hydroxylation is 1. The molecule has 0 saturated carbocycles. The standard InChI is InChI=1S/C34H39FN6O2/c1-22-8-5-9-25-10-6-12-30(31(22)25)39-15-13-27-29(20-39)37-33(43-21-26-11-7-14-38(26)4)28(18-36)32(27)40-16-17-41(23(2)19-40)34(42)24(3)35/h5-6,8-10,12,23,26H,3,7,11,13-17,19-21H2,1-2,4H3/t23-,26+/m1/s1. The first-order valence-electron chi connectivity index (χ1n) is 15.2. The fourth-order valence-electron chi connectivity index (χ4n) is 7.05. The van der Waals surface area contributed by atoms with Crippen LogP contribution < -0.4 is 14.5 Å². The van der Waals surface area contributed by atoms with E-state index in [4.69, 9.17) is 9.72 Å². The van der Waals surface area contributed by atoms with Gasteiger partial charge in [-0.25, -0.2) is 9.37 Å². The maximum atomic E-state index is 13.7. The Morgan fingerprint density at radius 2 is 1.95 bits per heavy atom. The van der Waals surface area contributed by atoms with E-state index in [0.717, 1.165) is 49.3 Å². The monoisotopic (exact) mass is 582 g/mol. The minimum Gasteiger partial charge on any atom is -0.475 e. The van der Waals surface area contributed by atoms with Gasteiger partial charge in [-0.3, -0.25) is 4.79 Å². The second-order valence-electron chi connectivity index (χ2n) is 12.1. The Morgan fingerprint density at radius 3 is 2.65 bits per heavy atom. The van der Waals surface area contributed by atoms with E-state index in [1.165, 1.54) is 26.9 Å². The normalized spacial score (nSPS) is 20.7. The van der Waals surface area contributed by atoms with Gasteiger partial charge in [0.1, 0.15) is 18.2 Å². The van der Waals surface area contributed by atoms with Gasteiger partial charge in [0.05, 0.1) is 17.9 Å². The molecule has 0 N–H and O–H groups in total. The lowest BCUT2D eigenvalue weighted by Gasteiger charge is -2.42. The van der Waals surface area contributed by atoms with E-state index in [0.29, 0.717) is 44.2 Å². The Kier molecular flexibility index (Phi) is 7.97. The van der Waals surface area contributed by atoms with Gasteiger partial charge in [0.15, 0.2) is 5.83 Å². The second-order valence-corrected chi connectivity index (χ2v) is 12.1. The summed E-state index contributed by atoms with van der Waals surface area (Å²) >= 11 is 0. The molecule has 0 bridgehead atoms. The molecule has 2 saturated heterocycles. The van der Waals surface area contributed by atoms with Crippen LogP contribution in [0.5, 0.6) is 5.88 Å². The fraction of sp³-hybridized carbons (Fsp3) is 0.441. The number of ether oxygens (including phenoxy) is 1. The van der Waals surface area contributed by atoms with Gasteiger partial charge in [0.25, 0.3) is 5.91 Å². The van der Waals surface area contributed by atoms with Crippen molar-refractivity contribution in [3.8, 4) is 11.9 Å². The van der Waals surface area contributed by atoms with E-state index in [2.05, 4.69) is 77.7 Å². The average molecular weight is 583 g/mol. The number of pyridine rings is 1. The molecule has 1 aromatic heterocycles. The molecule has 3 aromatic rings. The summed E-state index contributed by atoms with van der Waals surface area (Å²) in [5.74, 6) is -1.25. The smallest absolute Gasteiger partial charge is 0.282 e. The van der Waals surface area contributed by atoms with Crippen LogP contribution in [0, 0.1) is 18.3 Å². The van der Waals surface area contributed by atoms with Gasteiger partial charge in [-0.05, 0) is 63.7 Å². The molecule has 2 aromatic carbocycles. The molecular formula is C34H39FN6O2. The van der Waals surface area contributed by atoms with Crippen LogP contribution in [0.25, 0.3) is 10.8 Å². The number of amides is 1. The van der Waals surface area contributed by atoms with E-state index in [1.54, 1.807) is 0 Å². The van der Waals surface area contributed by atoms with Crippen molar-refractivity contribution in [1.82, 2.24) is 14.8 Å². The van der Waals surface area contributed by atoms with E-state index in [-0.39, 0.29) is 12.1 Å². The van der Waals surface area contributed by atoms with Crippen molar-refractivity contribution >= 4 is 28.1 Å². The fourth-order valence-corrected chi connectivity index (χ4v) is 7.05. The largest absolute Gasteiger partial charge is 0.475 e. The first kappa shape index (κ1) is 28.9. The number of nitriles is 1. The molecule has 4 heterocycles. The van der Waals surface area contributed by atoms with Gasteiger partial charge >= 0.3 is 0 Å². The maximum Gasteiger partial charge on any atom is 0.282 e. The Hall–Kier alpha value is -4.16. The summed E-state index contributed by atoms with van der Waals surface area (Å²) in [7, 11) is 2.11. The molecule has 2 atom stereocenters. The van der Waals surface area contributed by atoms with E-state index < -0.39 is 11.7 Å². The van der Waals surface area contributed by atoms with Gasteiger partial charge in [-0.2, -0.15) is 5.26 Å². The molecule has 0 aliphatic carbocycles. The summed E-state index contributed by atoms with van der Waals surface area (Å²) in [6, 6.07) is 15.3. The number of carbonyl (C=O) groups is 1. The molecule has 3 aliphatic heterocycles. The van der Waals surface area contributed by atoms with Gasteiger partial charge < -0.3 is 24.3 Å². The molecule has 8 nitrogen and oxygen atoms in total. The number of benzene rings is 2. The highest BCUT2D eigenvalue weighted by molar-refractivity contribution is 5.97. The van der Waals surface area contributed by atoms with Crippen LogP contribution in [0.2, 0.25) is 0 Å². The summed E-state index contributed by atoms with van der Waals surface area (Å²) in [4.78, 5) is 25.8. The number of likely N-dealkylation sites (N-methyl/N-ethyl adjacent to an activating group) is 1. The lowest BCUT2D eigenvalue weighted by molar-refractivity contribution is -0.131. The Balaban J connectivity index is 1.39. The van der Waals surface area contributed by atoms with Crippen molar-refractivity contribution in [3.05, 3.63) is 71.2 Å². The van der Waals surface area contributed by atoms with Crippen molar-refractivity contribution in [3.63, 3.8) is 0 Å². The highest BCUT2D eigenvalue weighted by Gasteiger charge is 2.35. The predicted octanol–water partition coefficient (Wildman–Crippen LogP) is 4.97. The zero-order valence-corrected chi connectivity index (χ0v) is 25.3. The lowest BCUT2D eigenvalue weighted by atomic mass is 9.96. The maximum absolute atomic E-state index is 13.7. The predicted molar refractivity (Wildman–Crippen MR) is 167 cm³/mol. The highest BCUT2D eigenvalue weighted by atomic mass is 19.1. The van der Waals surface area contributed by atoms with Gasteiger partial charge in [-0.15, -0.1) is 0 Å². The molecule has 0 unspecified atom stereocenters. The number of likely N-dealkylation sites (tertiary alicyclic amines) is 1. The number of hydrogen-bond donors (Lipinski definition) is 0. The van der Waals surface area contributed by atoms with Crippen LogP contribution in [-0.4, -0.2) is 79.2 Å². The first-order valence-corrected chi connectivity index (χ1v) is 15.2. The van der Waals surface area contributed by atoms with Crippen LogP contribution in [0.1, 0.15) is 42.1 Å². The molecule has 2 fully saturated rings. The summed E-state index contributed by atoms with van der Waals surface area (Å²) in [6.07, 6.45) is 2.90. The van der Waals surface area contributed by atoms with Gasteiger partial charge in [0.2, 0.25) is 5.88 Å². The van der Waals surface area contributed by atoms with Crippen molar-refractivity contribution in [2.75, 3.05) is 56.2 Å². The minimum atomic E-state index is -0.948. The number of rotatable bonds is 6. The zero-order valence-electron chi connectivity index (χ0n) is 25.3. The van der Waals surface area contributed by atoms with Crippen LogP contribution in [0.4, 0.5) is 15.8 Å². The Morgan fingerprint density at radius 1 is 1.16 bits per heavy atom. The zero-order chi connectivity index (χ0) is 30.2. The van der Waals surface area contributed by atoms with Crippen molar-refractivity contribution < 1.29 is 13.9 Å². The average Bonchev–Trinajstić information content (AvgIpc) is 3.42. The number of halogens is 1. The SMILES string of the molecule is C=C(F)C(=O)N1CCN(c2c(C#N)c(OC[C@@H]3CCCN3C)nc3c2CCN(c2cccc4cccc(C)c24)C3)C[C@H]1C. The van der Waals surface area contributed by atoms with Gasteiger partial charge in [-0.1, -0.05) is 36.9 Å². The van der Waals surface area contributed by atoms with Crippen LogP contribution in [-0.2, 0) is 17.8 Å². The summed E-state index contributed by atoms with van der Waals surface area (Å²) in [6.45, 7) is 11.4. The lowest BCUT2D eigenvalue weighted by Crippen LogP contribution is -2.54. The number of aromatic nitrogens is 1. The van der Waals surface area contributed by atoms with E-state index >= 15 is 0 Å². The molecule has 1 amide bonds. The molecule has 6 rings (SSSR count). The summed E-state index contributed by atoms with van der Waals surface area (Å²) < 4.78 is 20.1. The highest BCUT2D eigenvalue weighted by Crippen LogP contribution is 2.40. The van der Waals surface area contributed by atoms with Crippen molar-refractivity contribution in [1.29, 1.82) is 5.26 Å². The van der Waals surface area contributed by atoms with Crippen molar-refractivity contribution in [2.24, 2.45) is 0 Å². The van der Waals surface area contributed by atoms with Crippen LogP contribution >= 0.6 is 0 Å². The minimum absolute atomic E-state index is 0.251. The first-order chi connectivity index (χ1) is 20.8. The Labute approximate surface area is 252 Å². The third kappa shape index (κ3) is 5.40. The number of anilines is 2. The number of piperazine rings is 1. The molecule has 43 heavy (non-hydrogen) atoms. The summed E-state index contributed by atoms with van der Waals surface area (Å²) in [5, 5.41) is 12.9. The third-order valence-electron chi connectivity index (χ3n) is 9.36. The quantitative estimate of drug-likeness (QED) is 0.380. The molecule has 0 spiro atoms. The van der Waals surface area contributed by atoms with Crippen LogP contribution in [0.15, 0.2) is 48.8 Å². The van der Waals surface area contributed by atoms with E-state index in [9.17, 15) is 14.4 Å². The number of carbonyl (C=O) groups excluding carboxylic acids is 1. The molecule has 224 valence electrons. The molecule has 9 heteroatoms. The Bertz CT molecular complexity index is 1610. The molecule has 0 radical (unpaired) electrons. The molecular weight excluding hydrogens is 543 g/mol. The van der Waals surface area contributed by atoms with E-state index in [1.807, 2.05) is 6.92 Å². The summed E-state index contributed by atoms with van der Waals surface area (Å²) in [5.41, 5.74) is 5.65.